The molecule has 3 aliphatic rings. The number of aliphatic hydroxyl groups is 11. The number of carbonyl (C=O) groups excluding carboxylic acids is 1. The lowest BCUT2D eigenvalue weighted by Gasteiger charge is -2.48. The number of nitrogens with one attached hydrogen (secondary N) is 1. The summed E-state index contributed by atoms with van der Waals surface area (Å²) >= 11 is 0. The Morgan fingerprint density at radius 1 is 0.407 bits per heavy atom. The smallest absolute Gasteiger partial charge is 0.220 e. The largest absolute Gasteiger partial charge is 0.394 e. The van der Waals surface area contributed by atoms with E-state index in [1.54, 1.807) is 6.08 Å². The molecule has 12 N–H and O–H groups in total. The predicted octanol–water partition coefficient (Wildman–Crippen LogP) is 8.89. The third-order valence-corrected chi connectivity index (χ3v) is 17.8. The number of allylic oxidation sites excluding steroid dienone is 1. The lowest BCUT2D eigenvalue weighted by molar-refractivity contribution is -0.379. The minimum Gasteiger partial charge on any atom is -0.394 e. The predicted molar refractivity (Wildman–Crippen MR) is 333 cm³/mol. The molecule has 19 nitrogen and oxygen atoms in total. The van der Waals surface area contributed by atoms with Crippen molar-refractivity contribution in [1.82, 2.24) is 5.32 Å². The highest BCUT2D eigenvalue weighted by Crippen LogP contribution is 2.33. The number of amides is 1. The summed E-state index contributed by atoms with van der Waals surface area (Å²) < 4.78 is 34.3. The molecule has 3 aliphatic heterocycles. The van der Waals surface area contributed by atoms with Crippen molar-refractivity contribution in [2.24, 2.45) is 0 Å². The van der Waals surface area contributed by atoms with E-state index in [1.807, 2.05) is 6.08 Å². The summed E-state index contributed by atoms with van der Waals surface area (Å²) in [5, 5.41) is 120. The number of hydrogen-bond acceptors (Lipinski definition) is 18. The third kappa shape index (κ3) is 32.2. The highest BCUT2D eigenvalue weighted by Gasteiger charge is 2.53. The summed E-state index contributed by atoms with van der Waals surface area (Å²) in [5.74, 6) is -0.272. The SMILES string of the molecule is CCCCCCCCCCCCCCCCCCCCCCCCCCCCC/C=C/C(O)C(COC1OC(CO)C(OC2OC(CO)C(OC3OC(CO)C(O)C(O)C3O)C(O)C2O)C(O)C1O)NC(=O)CCCCCCCCCCCCCC. The summed E-state index contributed by atoms with van der Waals surface area (Å²) in [4.78, 5) is 13.3. The van der Waals surface area contributed by atoms with Gasteiger partial charge in [0, 0.05) is 6.42 Å². The van der Waals surface area contributed by atoms with Crippen LogP contribution >= 0.6 is 0 Å². The molecule has 0 radical (unpaired) electrons. The van der Waals surface area contributed by atoms with Gasteiger partial charge in [-0.05, 0) is 19.3 Å². The van der Waals surface area contributed by atoms with E-state index < -0.39 is 124 Å². The molecule has 86 heavy (non-hydrogen) atoms. The minimum absolute atomic E-state index is 0.248. The maximum atomic E-state index is 13.3. The summed E-state index contributed by atoms with van der Waals surface area (Å²) in [6.45, 7) is 1.75. The molecule has 0 saturated carbocycles. The van der Waals surface area contributed by atoms with E-state index >= 15 is 0 Å². The third-order valence-electron chi connectivity index (χ3n) is 17.8. The molecular weight excluding hydrogens is 1110 g/mol. The van der Waals surface area contributed by atoms with Crippen molar-refractivity contribution in [1.29, 1.82) is 0 Å². The topological polar surface area (TPSA) is 307 Å². The van der Waals surface area contributed by atoms with Crippen molar-refractivity contribution < 1.29 is 89.4 Å². The van der Waals surface area contributed by atoms with Gasteiger partial charge in [-0.2, -0.15) is 0 Å². The minimum atomic E-state index is -1.97. The van der Waals surface area contributed by atoms with Crippen LogP contribution in [0, 0.1) is 0 Å². The molecule has 0 spiro atoms. The number of hydrogen-bond donors (Lipinski definition) is 12. The van der Waals surface area contributed by atoms with E-state index in [4.69, 9.17) is 28.4 Å². The zero-order valence-corrected chi connectivity index (χ0v) is 53.6. The first-order valence-electron chi connectivity index (χ1n) is 34.9. The highest BCUT2D eigenvalue weighted by molar-refractivity contribution is 5.76. The molecule has 3 fully saturated rings. The van der Waals surface area contributed by atoms with Gasteiger partial charge in [-0.15, -0.1) is 0 Å². The van der Waals surface area contributed by atoms with Crippen LogP contribution in [0.5, 0.6) is 0 Å². The molecule has 0 aromatic carbocycles. The quantitative estimate of drug-likeness (QED) is 0.0200. The van der Waals surface area contributed by atoms with Gasteiger partial charge in [0.25, 0.3) is 0 Å². The van der Waals surface area contributed by atoms with Gasteiger partial charge >= 0.3 is 0 Å². The number of carbonyl (C=O) groups is 1. The zero-order valence-electron chi connectivity index (χ0n) is 53.6. The Labute approximate surface area is 518 Å². The lowest BCUT2D eigenvalue weighted by Crippen LogP contribution is -2.66. The van der Waals surface area contributed by atoms with Crippen molar-refractivity contribution in [3.05, 3.63) is 12.2 Å². The van der Waals surface area contributed by atoms with Gasteiger partial charge in [0.05, 0.1) is 38.6 Å². The molecule has 1 amide bonds. The molecule has 0 aliphatic carbocycles. The van der Waals surface area contributed by atoms with Crippen molar-refractivity contribution >= 4 is 5.91 Å². The van der Waals surface area contributed by atoms with Crippen molar-refractivity contribution in [3.8, 4) is 0 Å². The molecule has 19 heteroatoms. The molecule has 3 saturated heterocycles. The molecule has 3 rings (SSSR count). The number of ether oxygens (including phenoxy) is 6. The normalized spacial score (nSPS) is 28.8. The van der Waals surface area contributed by atoms with Crippen LogP contribution in [0.2, 0.25) is 0 Å². The van der Waals surface area contributed by atoms with Crippen molar-refractivity contribution in [3.63, 3.8) is 0 Å². The standard InChI is InChI=1S/C67H127NO18/c1-3-5-7-9-11-13-15-17-18-19-20-21-22-23-24-25-26-27-28-29-30-31-32-33-34-36-38-40-42-44-51(72)50(68-55(73)45-43-41-39-37-35-16-14-12-10-8-6-4-2)49-81-65-61(79)58(76)63(53(47-70)83-65)86-67-62(80)59(77)64(54(48-71)84-67)85-66-60(78)57(75)56(74)52(46-69)82-66/h42,44,50-54,56-67,69-72,74-80H,3-41,43,45-49H2,1-2H3,(H,68,73)/b44-42+. The van der Waals surface area contributed by atoms with Gasteiger partial charge in [-0.3, -0.25) is 4.79 Å². The average molecular weight is 1230 g/mol. The van der Waals surface area contributed by atoms with Crippen LogP contribution in [0.1, 0.15) is 277 Å². The van der Waals surface area contributed by atoms with Crippen molar-refractivity contribution in [2.45, 2.75) is 381 Å². The van der Waals surface area contributed by atoms with Crippen LogP contribution in [0.3, 0.4) is 0 Å². The number of unbranched alkanes of at least 4 members (excludes halogenated alkanes) is 38. The maximum Gasteiger partial charge on any atom is 0.220 e. The van der Waals surface area contributed by atoms with E-state index in [0.717, 1.165) is 44.9 Å². The summed E-state index contributed by atoms with van der Waals surface area (Å²) in [7, 11) is 0. The fourth-order valence-corrected chi connectivity index (χ4v) is 12.1. The van der Waals surface area contributed by atoms with Gasteiger partial charge in [-0.1, -0.05) is 264 Å². The Bertz CT molecular complexity index is 1620. The van der Waals surface area contributed by atoms with E-state index in [-0.39, 0.29) is 18.9 Å². The molecule has 0 aromatic rings. The molecule has 508 valence electrons. The summed E-state index contributed by atoms with van der Waals surface area (Å²) in [6.07, 6.45) is 27.8. The Morgan fingerprint density at radius 2 is 0.721 bits per heavy atom. The fourth-order valence-electron chi connectivity index (χ4n) is 12.1. The van der Waals surface area contributed by atoms with E-state index in [2.05, 4.69) is 19.2 Å². The molecule has 17 atom stereocenters. The van der Waals surface area contributed by atoms with Crippen LogP contribution in [0.4, 0.5) is 0 Å². The van der Waals surface area contributed by atoms with Gasteiger partial charge in [0.1, 0.15) is 73.2 Å². The molecule has 3 heterocycles. The molecule has 0 bridgehead atoms. The van der Waals surface area contributed by atoms with Crippen LogP contribution in [0.25, 0.3) is 0 Å². The van der Waals surface area contributed by atoms with Gasteiger partial charge in [0.2, 0.25) is 5.91 Å². The first-order valence-corrected chi connectivity index (χ1v) is 34.9. The Balaban J connectivity index is 1.39. The van der Waals surface area contributed by atoms with E-state index in [9.17, 15) is 61.0 Å². The summed E-state index contributed by atoms with van der Waals surface area (Å²) in [6, 6.07) is -0.967. The lowest BCUT2D eigenvalue weighted by atomic mass is 9.96. The molecule has 17 unspecified atom stereocenters. The van der Waals surface area contributed by atoms with E-state index in [0.29, 0.717) is 6.42 Å². The van der Waals surface area contributed by atoms with Crippen LogP contribution in [-0.2, 0) is 33.2 Å². The maximum absolute atomic E-state index is 13.3. The Hall–Kier alpha value is -1.47. The second-order valence-electron chi connectivity index (χ2n) is 25.4. The fraction of sp³-hybridized carbons (Fsp3) is 0.955. The first-order chi connectivity index (χ1) is 41.8. The Kier molecular flexibility index (Phi) is 45.9. The number of rotatable bonds is 54. The van der Waals surface area contributed by atoms with Gasteiger partial charge in [-0.25, -0.2) is 0 Å². The summed E-state index contributed by atoms with van der Waals surface area (Å²) in [5.41, 5.74) is 0. The monoisotopic (exact) mass is 1230 g/mol. The highest BCUT2D eigenvalue weighted by atomic mass is 16.8. The molecular formula is C67H127NO18. The van der Waals surface area contributed by atoms with E-state index in [1.165, 1.54) is 205 Å². The Morgan fingerprint density at radius 3 is 1.09 bits per heavy atom. The molecule has 0 aromatic heterocycles. The van der Waals surface area contributed by atoms with Crippen LogP contribution in [-0.4, -0.2) is 193 Å². The average Bonchev–Trinajstić information content (AvgIpc) is 1.85. The van der Waals surface area contributed by atoms with Gasteiger partial charge < -0.3 is 89.9 Å². The first kappa shape index (κ1) is 78.8. The van der Waals surface area contributed by atoms with Crippen LogP contribution in [0.15, 0.2) is 12.2 Å². The van der Waals surface area contributed by atoms with Crippen molar-refractivity contribution in [2.75, 3.05) is 26.4 Å². The number of aliphatic hydroxyl groups excluding tert-OH is 11. The van der Waals surface area contributed by atoms with Gasteiger partial charge in [0.15, 0.2) is 18.9 Å². The van der Waals surface area contributed by atoms with Crippen LogP contribution < -0.4 is 5.32 Å². The second kappa shape index (κ2) is 50.1. The zero-order chi connectivity index (χ0) is 62.6. The second-order valence-corrected chi connectivity index (χ2v) is 25.4.